The van der Waals surface area contributed by atoms with E-state index in [1.807, 2.05) is 18.2 Å². The topological polar surface area (TPSA) is 64.3 Å². The Morgan fingerprint density at radius 1 is 1.21 bits per heavy atom. The van der Waals surface area contributed by atoms with Gasteiger partial charge in [-0.1, -0.05) is 36.4 Å². The molecule has 2 aromatic carbocycles. The minimum Gasteiger partial charge on any atom is -0.394 e. The molecule has 1 heterocycles. The third-order valence-corrected chi connectivity index (χ3v) is 5.99. The summed E-state index contributed by atoms with van der Waals surface area (Å²) in [5.41, 5.74) is 3.56. The molecule has 4 rings (SSSR count). The number of halogens is 1. The van der Waals surface area contributed by atoms with Crippen LogP contribution in [-0.2, 0) is 0 Å². The lowest BCUT2D eigenvalue weighted by molar-refractivity contribution is -0.00595. The van der Waals surface area contributed by atoms with Crippen LogP contribution < -0.4 is 0 Å². The smallest absolute Gasteiger partial charge is 0.255 e. The summed E-state index contributed by atoms with van der Waals surface area (Å²) < 4.78 is 13.6. The Labute approximate surface area is 169 Å². The molecule has 0 aromatic heterocycles. The number of aliphatic hydroxyl groups excluding tert-OH is 1. The van der Waals surface area contributed by atoms with Crippen LogP contribution in [0, 0.1) is 17.1 Å². The molecule has 1 saturated heterocycles. The van der Waals surface area contributed by atoms with E-state index in [0.717, 1.165) is 30.4 Å². The van der Waals surface area contributed by atoms with Crippen molar-refractivity contribution >= 4 is 11.5 Å². The Morgan fingerprint density at radius 3 is 2.72 bits per heavy atom. The fraction of sp³-hybridized carbons (Fsp3) is 0.333. The number of carbonyl (C=O) groups is 1. The third kappa shape index (κ3) is 3.45. The molecule has 4 nitrogen and oxygen atoms in total. The molecule has 29 heavy (non-hydrogen) atoms. The van der Waals surface area contributed by atoms with Crippen molar-refractivity contribution in [1.82, 2.24) is 4.90 Å². The lowest BCUT2D eigenvalue weighted by Crippen LogP contribution is -2.65. The number of hydrogen-bond donors (Lipinski definition) is 1. The van der Waals surface area contributed by atoms with Crippen LogP contribution in [0.5, 0.6) is 0 Å². The highest BCUT2D eigenvalue weighted by molar-refractivity contribution is 5.96. The number of aliphatic hydroxyl groups is 1. The summed E-state index contributed by atoms with van der Waals surface area (Å²) in [4.78, 5) is 14.4. The molecule has 0 radical (unpaired) electrons. The summed E-state index contributed by atoms with van der Waals surface area (Å²) in [5, 5.41) is 19.9. The van der Waals surface area contributed by atoms with Crippen molar-refractivity contribution in [3.8, 4) is 6.07 Å². The van der Waals surface area contributed by atoms with Crippen molar-refractivity contribution in [1.29, 1.82) is 5.26 Å². The van der Waals surface area contributed by atoms with Gasteiger partial charge in [0.1, 0.15) is 11.9 Å². The highest BCUT2D eigenvalue weighted by atomic mass is 19.1. The van der Waals surface area contributed by atoms with E-state index in [-0.39, 0.29) is 18.1 Å². The van der Waals surface area contributed by atoms with E-state index < -0.39 is 23.8 Å². The van der Waals surface area contributed by atoms with Crippen LogP contribution in [-0.4, -0.2) is 34.6 Å². The van der Waals surface area contributed by atoms with Crippen LogP contribution in [0.15, 0.2) is 54.6 Å². The summed E-state index contributed by atoms with van der Waals surface area (Å²) in [6.45, 7) is -0.253. The van der Waals surface area contributed by atoms with Gasteiger partial charge in [0.15, 0.2) is 0 Å². The number of amides is 1. The third-order valence-electron chi connectivity index (χ3n) is 5.99. The number of nitriles is 1. The molecule has 0 unspecified atom stereocenters. The monoisotopic (exact) mass is 390 g/mol. The van der Waals surface area contributed by atoms with Gasteiger partial charge in [-0.15, -0.1) is 0 Å². The van der Waals surface area contributed by atoms with E-state index in [1.165, 1.54) is 41.2 Å². The van der Waals surface area contributed by atoms with Crippen molar-refractivity contribution in [2.24, 2.45) is 0 Å². The first-order chi connectivity index (χ1) is 14.2. The van der Waals surface area contributed by atoms with Gasteiger partial charge in [-0.2, -0.15) is 5.26 Å². The maximum atomic E-state index is 13.6. The molecule has 1 amide bonds. The molecule has 1 aliphatic carbocycles. The highest BCUT2D eigenvalue weighted by Crippen LogP contribution is 2.44. The summed E-state index contributed by atoms with van der Waals surface area (Å²) in [6, 6.07) is 14.4. The van der Waals surface area contributed by atoms with Crippen LogP contribution in [0.25, 0.3) is 5.57 Å². The standard InChI is InChI=1S/C24H23FN2O2/c25-18-10-6-9-17(13-18)24(29)27-21(14-26)23(22(27)15-28)20-12-5-4-11-19(20)16-7-2-1-3-8-16/h4-7,9-13,21-23,28H,1-3,8,15H2/t21-,22-,23+/m1/s1. The van der Waals surface area contributed by atoms with Gasteiger partial charge in [-0.25, -0.2) is 4.39 Å². The average Bonchev–Trinajstić information content (AvgIpc) is 2.74. The molecule has 0 spiro atoms. The number of allylic oxidation sites excluding steroid dienone is 2. The normalized spacial score (nSPS) is 23.7. The Kier molecular flexibility index (Phi) is 5.46. The van der Waals surface area contributed by atoms with Crippen LogP contribution in [0.1, 0.15) is 53.1 Å². The van der Waals surface area contributed by atoms with Crippen LogP contribution >= 0.6 is 0 Å². The SMILES string of the molecule is N#C[C@@H]1[C@H](c2ccccc2C2=CCCCC2)[C@@H](CO)N1C(=O)c1cccc(F)c1. The van der Waals surface area contributed by atoms with Gasteiger partial charge >= 0.3 is 0 Å². The minimum atomic E-state index is -0.701. The van der Waals surface area contributed by atoms with E-state index >= 15 is 0 Å². The van der Waals surface area contributed by atoms with E-state index in [0.29, 0.717) is 0 Å². The molecule has 0 saturated carbocycles. The fourth-order valence-corrected chi connectivity index (χ4v) is 4.59. The maximum absolute atomic E-state index is 13.6. The van der Waals surface area contributed by atoms with Gasteiger partial charge in [0.05, 0.1) is 18.7 Å². The number of hydrogen-bond acceptors (Lipinski definition) is 3. The maximum Gasteiger partial charge on any atom is 0.255 e. The molecule has 2 aliphatic rings. The van der Waals surface area contributed by atoms with Crippen LogP contribution in [0.4, 0.5) is 4.39 Å². The molecule has 1 fully saturated rings. The van der Waals surface area contributed by atoms with E-state index in [1.54, 1.807) is 0 Å². The first-order valence-corrected chi connectivity index (χ1v) is 10.0. The average molecular weight is 390 g/mol. The summed E-state index contributed by atoms with van der Waals surface area (Å²) in [5.74, 6) is -1.21. The predicted octanol–water partition coefficient (Wildman–Crippen LogP) is 4.28. The fourth-order valence-electron chi connectivity index (χ4n) is 4.59. The number of benzene rings is 2. The molecular weight excluding hydrogens is 367 g/mol. The lowest BCUT2D eigenvalue weighted by Gasteiger charge is -2.52. The number of likely N-dealkylation sites (tertiary alicyclic amines) is 1. The van der Waals surface area contributed by atoms with Gasteiger partial charge < -0.3 is 10.0 Å². The van der Waals surface area contributed by atoms with Crippen molar-refractivity contribution in [2.75, 3.05) is 6.61 Å². The van der Waals surface area contributed by atoms with Crippen molar-refractivity contribution in [2.45, 2.75) is 43.7 Å². The summed E-state index contributed by atoms with van der Waals surface area (Å²) in [7, 11) is 0. The molecule has 2 aromatic rings. The van der Waals surface area contributed by atoms with Crippen LogP contribution in [0.2, 0.25) is 0 Å². The van der Waals surface area contributed by atoms with Gasteiger partial charge in [-0.05, 0) is 60.6 Å². The molecule has 1 aliphatic heterocycles. The highest BCUT2D eigenvalue weighted by Gasteiger charge is 2.52. The van der Waals surface area contributed by atoms with E-state index in [2.05, 4.69) is 18.2 Å². The first kappa shape index (κ1) is 19.4. The van der Waals surface area contributed by atoms with Crippen molar-refractivity contribution < 1.29 is 14.3 Å². The molecule has 5 heteroatoms. The van der Waals surface area contributed by atoms with Crippen molar-refractivity contribution in [3.05, 3.63) is 77.1 Å². The van der Waals surface area contributed by atoms with Gasteiger partial charge in [0.25, 0.3) is 5.91 Å². The zero-order valence-electron chi connectivity index (χ0n) is 16.1. The second-order valence-corrected chi connectivity index (χ2v) is 7.63. The van der Waals surface area contributed by atoms with Gasteiger partial charge in [0, 0.05) is 11.5 Å². The number of carbonyl (C=O) groups excluding carboxylic acids is 1. The van der Waals surface area contributed by atoms with Crippen LogP contribution in [0.3, 0.4) is 0 Å². The summed E-state index contributed by atoms with van der Waals surface area (Å²) in [6.07, 6.45) is 6.62. The Balaban J connectivity index is 1.69. The molecule has 3 atom stereocenters. The zero-order chi connectivity index (χ0) is 20.4. The first-order valence-electron chi connectivity index (χ1n) is 10.0. The second kappa shape index (κ2) is 8.18. The molecule has 1 N–H and O–H groups in total. The Bertz CT molecular complexity index is 994. The number of nitrogens with zero attached hydrogens (tertiary/aromatic N) is 2. The quantitative estimate of drug-likeness (QED) is 0.848. The molecular formula is C24H23FN2O2. The zero-order valence-corrected chi connectivity index (χ0v) is 16.1. The Hall–Kier alpha value is -2.97. The lowest BCUT2D eigenvalue weighted by atomic mass is 9.72. The molecule has 0 bridgehead atoms. The van der Waals surface area contributed by atoms with Crippen molar-refractivity contribution in [3.63, 3.8) is 0 Å². The Morgan fingerprint density at radius 2 is 2.03 bits per heavy atom. The summed E-state index contributed by atoms with van der Waals surface area (Å²) >= 11 is 0. The largest absolute Gasteiger partial charge is 0.394 e. The minimum absolute atomic E-state index is 0.186. The molecule has 148 valence electrons. The van der Waals surface area contributed by atoms with E-state index in [4.69, 9.17) is 0 Å². The number of rotatable bonds is 4. The van der Waals surface area contributed by atoms with Gasteiger partial charge in [-0.3, -0.25) is 4.79 Å². The van der Waals surface area contributed by atoms with E-state index in [9.17, 15) is 19.6 Å². The second-order valence-electron chi connectivity index (χ2n) is 7.63. The predicted molar refractivity (Wildman–Crippen MR) is 108 cm³/mol. The van der Waals surface area contributed by atoms with Gasteiger partial charge in [0.2, 0.25) is 0 Å².